The van der Waals surface area contributed by atoms with Gasteiger partial charge in [-0.15, -0.1) is 0 Å². The van der Waals surface area contributed by atoms with Crippen molar-refractivity contribution in [3.05, 3.63) is 41.0 Å². The fourth-order valence-corrected chi connectivity index (χ4v) is 0.914. The highest BCUT2D eigenvalue weighted by Crippen LogP contribution is 2.11. The summed E-state index contributed by atoms with van der Waals surface area (Å²) >= 11 is 0. The van der Waals surface area contributed by atoms with Gasteiger partial charge in [0.15, 0.2) is 11.6 Å². The van der Waals surface area contributed by atoms with E-state index < -0.39 is 17.6 Å². The molecule has 74 valence electrons. The Labute approximate surface area is 79.5 Å². The molecule has 14 heavy (non-hydrogen) atoms. The number of carboxylic acid groups (broad SMARTS) is 1. The number of halogens is 2. The molecule has 0 amide bonds. The monoisotopic (exact) mass is 198 g/mol. The molecule has 2 nitrogen and oxygen atoms in total. The van der Waals surface area contributed by atoms with Gasteiger partial charge in [-0.25, -0.2) is 13.6 Å². The third-order valence-electron chi connectivity index (χ3n) is 1.66. The van der Waals surface area contributed by atoms with E-state index in [0.29, 0.717) is 5.56 Å². The Morgan fingerprint density at radius 2 is 2.00 bits per heavy atom. The Hall–Kier alpha value is -1.71. The Balaban J connectivity index is 3.04. The predicted molar refractivity (Wildman–Crippen MR) is 47.6 cm³/mol. The van der Waals surface area contributed by atoms with E-state index in [0.717, 1.165) is 12.1 Å². The van der Waals surface area contributed by atoms with Gasteiger partial charge in [-0.1, -0.05) is 6.07 Å². The first-order valence-electron chi connectivity index (χ1n) is 3.87. The second kappa shape index (κ2) is 4.00. The Bertz CT molecular complexity index is 397. The molecule has 0 radical (unpaired) electrons. The van der Waals surface area contributed by atoms with Crippen molar-refractivity contribution in [2.24, 2.45) is 0 Å². The number of hydrogen-bond acceptors (Lipinski definition) is 1. The van der Waals surface area contributed by atoms with Gasteiger partial charge in [0.25, 0.3) is 0 Å². The van der Waals surface area contributed by atoms with Gasteiger partial charge >= 0.3 is 5.97 Å². The van der Waals surface area contributed by atoms with E-state index >= 15 is 0 Å². The molecule has 0 saturated heterocycles. The van der Waals surface area contributed by atoms with Gasteiger partial charge in [0.1, 0.15) is 0 Å². The van der Waals surface area contributed by atoms with Crippen molar-refractivity contribution >= 4 is 12.0 Å². The van der Waals surface area contributed by atoms with E-state index in [-0.39, 0.29) is 5.57 Å². The highest BCUT2D eigenvalue weighted by molar-refractivity contribution is 5.91. The number of carbonyl (C=O) groups is 1. The topological polar surface area (TPSA) is 37.3 Å². The Kier molecular flexibility index (Phi) is 2.96. The van der Waals surface area contributed by atoms with Crippen LogP contribution < -0.4 is 0 Å². The number of benzene rings is 1. The lowest BCUT2D eigenvalue weighted by Gasteiger charge is -1.97. The second-order valence-electron chi connectivity index (χ2n) is 2.81. The van der Waals surface area contributed by atoms with Gasteiger partial charge < -0.3 is 5.11 Å². The predicted octanol–water partition coefficient (Wildman–Crippen LogP) is 2.45. The minimum Gasteiger partial charge on any atom is -0.478 e. The molecule has 0 aromatic heterocycles. The first-order valence-corrected chi connectivity index (χ1v) is 3.87. The van der Waals surface area contributed by atoms with Gasteiger partial charge in [-0.3, -0.25) is 0 Å². The van der Waals surface area contributed by atoms with Crippen LogP contribution in [0.15, 0.2) is 23.8 Å². The first-order chi connectivity index (χ1) is 6.50. The molecule has 0 spiro atoms. The maximum absolute atomic E-state index is 12.7. The molecule has 4 heteroatoms. The van der Waals surface area contributed by atoms with Crippen LogP contribution in [0.4, 0.5) is 8.78 Å². The van der Waals surface area contributed by atoms with E-state index in [2.05, 4.69) is 0 Å². The lowest BCUT2D eigenvalue weighted by atomic mass is 10.1. The van der Waals surface area contributed by atoms with Crippen LogP contribution in [-0.2, 0) is 4.79 Å². The highest BCUT2D eigenvalue weighted by Gasteiger charge is 2.03. The van der Waals surface area contributed by atoms with Gasteiger partial charge in [0.05, 0.1) is 0 Å². The third-order valence-corrected chi connectivity index (χ3v) is 1.66. The lowest BCUT2D eigenvalue weighted by molar-refractivity contribution is -0.132. The maximum Gasteiger partial charge on any atom is 0.331 e. The summed E-state index contributed by atoms with van der Waals surface area (Å²) in [6, 6.07) is 3.21. The molecule has 0 saturated carbocycles. The van der Waals surface area contributed by atoms with Crippen LogP contribution in [0.5, 0.6) is 0 Å². The molecule has 0 aliphatic rings. The molecule has 1 rings (SSSR count). The molecule has 0 heterocycles. The van der Waals surface area contributed by atoms with Crippen LogP contribution in [0, 0.1) is 11.6 Å². The van der Waals surface area contributed by atoms with Gasteiger partial charge in [-0.05, 0) is 30.7 Å². The molecule has 0 bridgehead atoms. The third kappa shape index (κ3) is 2.39. The summed E-state index contributed by atoms with van der Waals surface area (Å²) in [6.45, 7) is 1.38. The summed E-state index contributed by atoms with van der Waals surface area (Å²) in [7, 11) is 0. The average molecular weight is 198 g/mol. The minimum absolute atomic E-state index is 0.0657. The summed E-state index contributed by atoms with van der Waals surface area (Å²) in [5.74, 6) is -3.03. The van der Waals surface area contributed by atoms with Crippen LogP contribution in [0.1, 0.15) is 12.5 Å². The number of rotatable bonds is 2. The Morgan fingerprint density at radius 3 is 2.50 bits per heavy atom. The Morgan fingerprint density at radius 1 is 1.36 bits per heavy atom. The molecule has 0 aliphatic carbocycles. The van der Waals surface area contributed by atoms with Gasteiger partial charge in [0.2, 0.25) is 0 Å². The second-order valence-corrected chi connectivity index (χ2v) is 2.81. The summed E-state index contributed by atoms with van der Waals surface area (Å²) in [6.07, 6.45) is 1.27. The van der Waals surface area contributed by atoms with Crippen molar-refractivity contribution in [1.82, 2.24) is 0 Å². The van der Waals surface area contributed by atoms with Crippen molar-refractivity contribution in [1.29, 1.82) is 0 Å². The smallest absolute Gasteiger partial charge is 0.331 e. The van der Waals surface area contributed by atoms with Crippen molar-refractivity contribution < 1.29 is 18.7 Å². The van der Waals surface area contributed by atoms with Crippen molar-refractivity contribution in [2.75, 3.05) is 0 Å². The lowest BCUT2D eigenvalue weighted by Crippen LogP contribution is -1.95. The van der Waals surface area contributed by atoms with Crippen LogP contribution in [0.2, 0.25) is 0 Å². The van der Waals surface area contributed by atoms with E-state index in [9.17, 15) is 13.6 Å². The highest BCUT2D eigenvalue weighted by atomic mass is 19.2. The molecule has 1 aromatic rings. The molecule has 1 aromatic carbocycles. The van der Waals surface area contributed by atoms with Crippen LogP contribution >= 0.6 is 0 Å². The standard InChI is InChI=1S/C10H8F2O2/c1-6(10(13)14)4-7-2-3-8(11)9(12)5-7/h2-5H,1H3,(H,13,14)/b6-4+. The molecule has 0 atom stereocenters. The van der Waals surface area contributed by atoms with Gasteiger partial charge in [-0.2, -0.15) is 0 Å². The SMILES string of the molecule is C/C(=C\c1ccc(F)c(F)c1)C(=O)O. The zero-order valence-corrected chi connectivity index (χ0v) is 7.42. The fourth-order valence-electron chi connectivity index (χ4n) is 0.914. The van der Waals surface area contributed by atoms with Crippen LogP contribution in [0.3, 0.4) is 0 Å². The van der Waals surface area contributed by atoms with Crippen molar-refractivity contribution in [2.45, 2.75) is 6.92 Å². The summed E-state index contributed by atoms with van der Waals surface area (Å²) in [4.78, 5) is 10.4. The molecule has 0 unspecified atom stereocenters. The molecular weight excluding hydrogens is 190 g/mol. The van der Waals surface area contributed by atoms with E-state index in [1.54, 1.807) is 0 Å². The molecule has 0 fully saturated rings. The van der Waals surface area contributed by atoms with Gasteiger partial charge in [0, 0.05) is 5.57 Å². The van der Waals surface area contributed by atoms with E-state index in [4.69, 9.17) is 5.11 Å². The fraction of sp³-hybridized carbons (Fsp3) is 0.100. The summed E-state index contributed by atoms with van der Waals surface area (Å²) < 4.78 is 25.2. The maximum atomic E-state index is 12.7. The zero-order valence-electron chi connectivity index (χ0n) is 7.42. The molecule has 1 N–H and O–H groups in total. The van der Waals surface area contributed by atoms with E-state index in [1.807, 2.05) is 0 Å². The van der Waals surface area contributed by atoms with Crippen LogP contribution in [-0.4, -0.2) is 11.1 Å². The molecular formula is C10H8F2O2. The van der Waals surface area contributed by atoms with Crippen molar-refractivity contribution in [3.63, 3.8) is 0 Å². The summed E-state index contributed by atoms with van der Waals surface area (Å²) in [5.41, 5.74) is 0.389. The molecule has 0 aliphatic heterocycles. The minimum atomic E-state index is -1.09. The zero-order chi connectivity index (χ0) is 10.7. The normalized spacial score (nSPS) is 11.5. The largest absolute Gasteiger partial charge is 0.478 e. The number of hydrogen-bond donors (Lipinski definition) is 1. The number of aliphatic carboxylic acids is 1. The van der Waals surface area contributed by atoms with Crippen LogP contribution in [0.25, 0.3) is 6.08 Å². The number of carboxylic acids is 1. The average Bonchev–Trinajstić information content (AvgIpc) is 2.11. The first kappa shape index (κ1) is 10.4. The van der Waals surface area contributed by atoms with E-state index in [1.165, 1.54) is 19.1 Å². The quantitative estimate of drug-likeness (QED) is 0.741. The summed E-state index contributed by atoms with van der Waals surface area (Å²) in [5, 5.41) is 8.53. The van der Waals surface area contributed by atoms with Crippen molar-refractivity contribution in [3.8, 4) is 0 Å².